The fourth-order valence-electron chi connectivity index (χ4n) is 3.62. The van der Waals surface area contributed by atoms with Crippen LogP contribution in [0.15, 0.2) is 18.2 Å². The van der Waals surface area contributed by atoms with Gasteiger partial charge >= 0.3 is 0 Å². The molecule has 2 amide bonds. The predicted molar refractivity (Wildman–Crippen MR) is 106 cm³/mol. The van der Waals surface area contributed by atoms with Crippen LogP contribution in [0.1, 0.15) is 43.0 Å². The van der Waals surface area contributed by atoms with E-state index in [1.165, 1.54) is 0 Å². The van der Waals surface area contributed by atoms with E-state index in [1.54, 1.807) is 23.1 Å². The van der Waals surface area contributed by atoms with Gasteiger partial charge in [0.15, 0.2) is 0 Å². The average molecular weight is 421 g/mol. The minimum atomic E-state index is -0.448. The van der Waals surface area contributed by atoms with Crippen LogP contribution in [-0.4, -0.2) is 47.9 Å². The fraction of sp³-hybridized carbons (Fsp3) is 0.556. The van der Waals surface area contributed by atoms with Gasteiger partial charge in [-0.05, 0) is 57.4 Å². The van der Waals surface area contributed by atoms with Crippen LogP contribution in [0, 0.1) is 0 Å². The Bertz CT molecular complexity index is 671. The van der Waals surface area contributed by atoms with Gasteiger partial charge in [-0.15, -0.1) is 12.4 Å². The number of hydrogen-bond acceptors (Lipinski definition) is 3. The Morgan fingerprint density at radius 2 is 2.00 bits per heavy atom. The average Bonchev–Trinajstić information content (AvgIpc) is 3.08. The van der Waals surface area contributed by atoms with E-state index in [4.69, 9.17) is 23.2 Å². The lowest BCUT2D eigenvalue weighted by Crippen LogP contribution is -2.56. The maximum absolute atomic E-state index is 12.9. The SMILES string of the molecule is CC1NCCCC1NC(=O)C1CCCN1C(=O)c1cc(Cl)ccc1Cl.Cl. The number of benzene rings is 1. The van der Waals surface area contributed by atoms with Crippen molar-refractivity contribution in [3.8, 4) is 0 Å². The molecule has 0 aliphatic carbocycles. The zero-order valence-electron chi connectivity index (χ0n) is 14.6. The highest BCUT2D eigenvalue weighted by Gasteiger charge is 2.36. The lowest BCUT2D eigenvalue weighted by Gasteiger charge is -2.33. The fourth-order valence-corrected chi connectivity index (χ4v) is 3.99. The van der Waals surface area contributed by atoms with Crippen molar-refractivity contribution in [3.63, 3.8) is 0 Å². The highest BCUT2D eigenvalue weighted by molar-refractivity contribution is 6.35. The molecule has 2 aliphatic rings. The molecule has 2 aliphatic heterocycles. The van der Waals surface area contributed by atoms with Crippen molar-refractivity contribution in [1.29, 1.82) is 0 Å². The Morgan fingerprint density at radius 1 is 1.23 bits per heavy atom. The summed E-state index contributed by atoms with van der Waals surface area (Å²) in [4.78, 5) is 27.3. The molecule has 144 valence electrons. The number of halogens is 3. The van der Waals surface area contributed by atoms with Crippen molar-refractivity contribution in [2.75, 3.05) is 13.1 Å². The molecule has 0 aromatic heterocycles. The third kappa shape index (κ3) is 4.63. The lowest BCUT2D eigenvalue weighted by molar-refractivity contribution is -0.125. The molecule has 3 unspecified atom stereocenters. The molecule has 0 radical (unpaired) electrons. The van der Waals surface area contributed by atoms with Crippen LogP contribution in [-0.2, 0) is 4.79 Å². The van der Waals surface area contributed by atoms with Gasteiger partial charge in [0.25, 0.3) is 5.91 Å². The Hall–Kier alpha value is -1.01. The lowest BCUT2D eigenvalue weighted by atomic mass is 9.99. The van der Waals surface area contributed by atoms with Crippen molar-refractivity contribution in [2.45, 2.75) is 50.7 Å². The van der Waals surface area contributed by atoms with Gasteiger partial charge in [0.05, 0.1) is 10.6 Å². The minimum absolute atomic E-state index is 0. The zero-order valence-corrected chi connectivity index (χ0v) is 17.0. The van der Waals surface area contributed by atoms with Gasteiger partial charge in [-0.3, -0.25) is 9.59 Å². The van der Waals surface area contributed by atoms with Gasteiger partial charge in [-0.2, -0.15) is 0 Å². The molecule has 2 saturated heterocycles. The van der Waals surface area contributed by atoms with E-state index in [2.05, 4.69) is 17.6 Å². The number of rotatable bonds is 3. The number of nitrogens with zero attached hydrogens (tertiary/aromatic N) is 1. The highest BCUT2D eigenvalue weighted by Crippen LogP contribution is 2.26. The first-order valence-corrected chi connectivity index (χ1v) is 9.52. The van der Waals surface area contributed by atoms with Crippen LogP contribution >= 0.6 is 35.6 Å². The third-order valence-electron chi connectivity index (χ3n) is 5.06. The molecule has 0 spiro atoms. The Kier molecular flexibility index (Phi) is 7.59. The van der Waals surface area contributed by atoms with E-state index in [-0.39, 0.29) is 36.3 Å². The number of likely N-dealkylation sites (tertiary alicyclic amines) is 1. The van der Waals surface area contributed by atoms with Gasteiger partial charge in [0.1, 0.15) is 6.04 Å². The molecule has 2 fully saturated rings. The molecular weight excluding hydrogens is 397 g/mol. The van der Waals surface area contributed by atoms with Gasteiger partial charge in [-0.1, -0.05) is 23.2 Å². The summed E-state index contributed by atoms with van der Waals surface area (Å²) in [5.41, 5.74) is 0.349. The molecule has 1 aromatic rings. The summed E-state index contributed by atoms with van der Waals surface area (Å²) >= 11 is 12.2. The molecule has 2 heterocycles. The van der Waals surface area contributed by atoms with Crippen molar-refractivity contribution in [3.05, 3.63) is 33.8 Å². The van der Waals surface area contributed by atoms with Crippen LogP contribution in [0.5, 0.6) is 0 Å². The van der Waals surface area contributed by atoms with Gasteiger partial charge in [0.2, 0.25) is 5.91 Å². The summed E-state index contributed by atoms with van der Waals surface area (Å²) in [5, 5.41) is 7.30. The minimum Gasteiger partial charge on any atom is -0.350 e. The zero-order chi connectivity index (χ0) is 18.0. The first kappa shape index (κ1) is 21.3. The molecule has 3 atom stereocenters. The maximum atomic E-state index is 12.9. The summed E-state index contributed by atoms with van der Waals surface area (Å²) < 4.78 is 0. The number of nitrogens with one attached hydrogen (secondary N) is 2. The van der Waals surface area contributed by atoms with Crippen LogP contribution in [0.3, 0.4) is 0 Å². The van der Waals surface area contributed by atoms with Crippen LogP contribution < -0.4 is 10.6 Å². The van der Waals surface area contributed by atoms with Gasteiger partial charge < -0.3 is 15.5 Å². The number of carbonyl (C=O) groups is 2. The topological polar surface area (TPSA) is 61.4 Å². The summed E-state index contributed by atoms with van der Waals surface area (Å²) in [7, 11) is 0. The van der Waals surface area contributed by atoms with Gasteiger partial charge in [-0.25, -0.2) is 0 Å². The Labute approximate surface area is 170 Å². The second-order valence-corrected chi connectivity index (χ2v) is 7.62. The second kappa shape index (κ2) is 9.27. The number of hydrogen-bond donors (Lipinski definition) is 2. The van der Waals surface area contributed by atoms with E-state index in [0.717, 1.165) is 25.8 Å². The summed E-state index contributed by atoms with van der Waals surface area (Å²) in [6.45, 7) is 3.61. The van der Waals surface area contributed by atoms with Crippen molar-refractivity contribution >= 4 is 47.4 Å². The largest absolute Gasteiger partial charge is 0.350 e. The smallest absolute Gasteiger partial charge is 0.256 e. The molecule has 8 heteroatoms. The number of amides is 2. The standard InChI is InChI=1S/C18H23Cl2N3O2.ClH/c1-11-15(4-2-8-21-11)22-17(24)16-5-3-9-23(16)18(25)13-10-12(19)6-7-14(13)20;/h6-7,10-11,15-16,21H,2-5,8-9H2,1H3,(H,22,24);1H. The van der Waals surface area contributed by atoms with Crippen LogP contribution in [0.4, 0.5) is 0 Å². The first-order valence-electron chi connectivity index (χ1n) is 8.77. The van der Waals surface area contributed by atoms with Crippen molar-refractivity contribution in [2.24, 2.45) is 0 Å². The van der Waals surface area contributed by atoms with E-state index in [9.17, 15) is 9.59 Å². The maximum Gasteiger partial charge on any atom is 0.256 e. The number of carbonyl (C=O) groups excluding carboxylic acids is 2. The normalized spacial score (nSPS) is 25.5. The molecule has 26 heavy (non-hydrogen) atoms. The van der Waals surface area contributed by atoms with E-state index >= 15 is 0 Å². The first-order chi connectivity index (χ1) is 12.0. The van der Waals surface area contributed by atoms with E-state index in [1.807, 2.05) is 0 Å². The second-order valence-electron chi connectivity index (χ2n) is 6.78. The monoisotopic (exact) mass is 419 g/mol. The molecular formula is C18H24Cl3N3O2. The van der Waals surface area contributed by atoms with E-state index in [0.29, 0.717) is 28.6 Å². The summed E-state index contributed by atoms with van der Waals surface area (Å²) in [6.07, 6.45) is 3.48. The third-order valence-corrected chi connectivity index (χ3v) is 5.63. The van der Waals surface area contributed by atoms with Crippen LogP contribution in [0.25, 0.3) is 0 Å². The molecule has 2 N–H and O–H groups in total. The summed E-state index contributed by atoms with van der Waals surface area (Å²) in [5.74, 6) is -0.315. The summed E-state index contributed by atoms with van der Waals surface area (Å²) in [6, 6.07) is 4.72. The van der Waals surface area contributed by atoms with Gasteiger partial charge in [0, 0.05) is 23.7 Å². The molecule has 0 saturated carbocycles. The number of piperidine rings is 1. The Morgan fingerprint density at radius 3 is 2.73 bits per heavy atom. The molecule has 1 aromatic carbocycles. The predicted octanol–water partition coefficient (Wildman–Crippen LogP) is 3.28. The molecule has 5 nitrogen and oxygen atoms in total. The Balaban J connectivity index is 0.00000243. The highest BCUT2D eigenvalue weighted by atomic mass is 35.5. The van der Waals surface area contributed by atoms with Crippen molar-refractivity contribution in [1.82, 2.24) is 15.5 Å². The van der Waals surface area contributed by atoms with Crippen LogP contribution in [0.2, 0.25) is 10.0 Å². The molecule has 0 bridgehead atoms. The van der Waals surface area contributed by atoms with E-state index < -0.39 is 6.04 Å². The van der Waals surface area contributed by atoms with Crippen molar-refractivity contribution < 1.29 is 9.59 Å². The quantitative estimate of drug-likeness (QED) is 0.789. The molecule has 3 rings (SSSR count).